The molecule has 0 bridgehead atoms. The van der Waals surface area contributed by atoms with Crippen molar-refractivity contribution in [2.45, 2.75) is 46.1 Å². The smallest absolute Gasteiger partial charge is 0.251 e. The second-order valence-corrected chi connectivity index (χ2v) is 4.86. The van der Waals surface area contributed by atoms with Crippen molar-refractivity contribution in [2.75, 3.05) is 6.54 Å². The Morgan fingerprint density at radius 2 is 2.20 bits per heavy atom. The van der Waals surface area contributed by atoms with Crippen LogP contribution in [0.2, 0.25) is 0 Å². The average molecular weight is 228 g/mol. The number of hydrogen-bond donors (Lipinski definition) is 1. The van der Waals surface area contributed by atoms with Gasteiger partial charge in [-0.3, -0.25) is 9.69 Å². The van der Waals surface area contributed by atoms with Crippen molar-refractivity contribution in [3.63, 3.8) is 0 Å². The molecule has 0 saturated carbocycles. The molecule has 1 N–H and O–H groups in total. The molecule has 1 aliphatic heterocycles. The van der Waals surface area contributed by atoms with Crippen LogP contribution in [0.25, 0.3) is 0 Å². The van der Waals surface area contributed by atoms with Crippen LogP contribution in [0.1, 0.15) is 40.0 Å². The van der Waals surface area contributed by atoms with Crippen LogP contribution >= 0.6 is 12.2 Å². The van der Waals surface area contributed by atoms with E-state index in [0.29, 0.717) is 11.0 Å². The number of hydrogen-bond acceptors (Lipinski definition) is 2. The Labute approximate surface area is 97.2 Å². The SMILES string of the molecule is CCCCN1C(=O)C(CC(C)C)NC1=S. The molecule has 1 amide bonds. The molecule has 0 aromatic rings. The lowest BCUT2D eigenvalue weighted by molar-refractivity contribution is -0.127. The molecule has 0 spiro atoms. The van der Waals surface area contributed by atoms with Gasteiger partial charge >= 0.3 is 0 Å². The zero-order valence-corrected chi connectivity index (χ0v) is 10.6. The summed E-state index contributed by atoms with van der Waals surface area (Å²) in [6.07, 6.45) is 2.96. The van der Waals surface area contributed by atoms with Crippen molar-refractivity contribution in [3.05, 3.63) is 0 Å². The number of carbonyl (C=O) groups excluding carboxylic acids is 1. The predicted molar refractivity (Wildman–Crippen MR) is 65.6 cm³/mol. The van der Waals surface area contributed by atoms with Gasteiger partial charge in [0.2, 0.25) is 0 Å². The Bertz CT molecular complexity index is 253. The Balaban J connectivity index is 2.54. The molecule has 1 saturated heterocycles. The van der Waals surface area contributed by atoms with Crippen LogP contribution in [-0.4, -0.2) is 28.5 Å². The first-order valence-corrected chi connectivity index (χ1v) is 6.09. The lowest BCUT2D eigenvalue weighted by atomic mass is 10.0. The number of nitrogens with zero attached hydrogens (tertiary/aromatic N) is 1. The summed E-state index contributed by atoms with van der Waals surface area (Å²) in [6.45, 7) is 7.11. The number of thiocarbonyl (C=S) groups is 1. The topological polar surface area (TPSA) is 32.3 Å². The van der Waals surface area contributed by atoms with Crippen molar-refractivity contribution in [1.29, 1.82) is 0 Å². The van der Waals surface area contributed by atoms with Gasteiger partial charge in [0.05, 0.1) is 0 Å². The van der Waals surface area contributed by atoms with Crippen molar-refractivity contribution >= 4 is 23.2 Å². The zero-order chi connectivity index (χ0) is 11.4. The Kier molecular flexibility index (Phi) is 4.51. The normalized spacial score (nSPS) is 21.3. The summed E-state index contributed by atoms with van der Waals surface area (Å²) >= 11 is 5.15. The lowest BCUT2D eigenvalue weighted by Gasteiger charge is -2.14. The number of unbranched alkanes of at least 4 members (excludes halogenated alkanes) is 1. The number of carbonyl (C=O) groups is 1. The van der Waals surface area contributed by atoms with E-state index in [-0.39, 0.29) is 11.9 Å². The van der Waals surface area contributed by atoms with E-state index in [1.54, 1.807) is 4.90 Å². The number of rotatable bonds is 5. The molecule has 0 aromatic carbocycles. The summed E-state index contributed by atoms with van der Waals surface area (Å²) < 4.78 is 0. The molecule has 3 nitrogen and oxygen atoms in total. The van der Waals surface area contributed by atoms with Crippen molar-refractivity contribution in [1.82, 2.24) is 10.2 Å². The lowest BCUT2D eigenvalue weighted by Crippen LogP contribution is -2.32. The number of nitrogens with one attached hydrogen (secondary N) is 1. The minimum absolute atomic E-state index is 0.0886. The van der Waals surface area contributed by atoms with Crippen molar-refractivity contribution in [3.8, 4) is 0 Å². The molecule has 86 valence electrons. The largest absolute Gasteiger partial charge is 0.350 e. The molecule has 1 aliphatic rings. The fourth-order valence-electron chi connectivity index (χ4n) is 1.74. The summed E-state index contributed by atoms with van der Waals surface area (Å²) in [4.78, 5) is 13.6. The van der Waals surface area contributed by atoms with Gasteiger partial charge in [-0.05, 0) is 31.0 Å². The quantitative estimate of drug-likeness (QED) is 0.730. The van der Waals surface area contributed by atoms with Crippen LogP contribution in [0, 0.1) is 5.92 Å². The molecule has 1 rings (SSSR count). The van der Waals surface area contributed by atoms with Crippen molar-refractivity contribution < 1.29 is 4.79 Å². The van der Waals surface area contributed by atoms with Crippen LogP contribution in [0.5, 0.6) is 0 Å². The fraction of sp³-hybridized carbons (Fsp3) is 0.818. The van der Waals surface area contributed by atoms with Crippen molar-refractivity contribution in [2.24, 2.45) is 5.92 Å². The van der Waals surface area contributed by atoms with Crippen LogP contribution in [-0.2, 0) is 4.79 Å². The maximum absolute atomic E-state index is 11.9. The third-order valence-electron chi connectivity index (χ3n) is 2.55. The van der Waals surface area contributed by atoms with Crippen LogP contribution < -0.4 is 5.32 Å². The fourth-order valence-corrected chi connectivity index (χ4v) is 2.06. The minimum Gasteiger partial charge on any atom is -0.350 e. The standard InChI is InChI=1S/C11H20N2OS/c1-4-5-6-13-10(14)9(7-8(2)3)12-11(13)15/h8-9H,4-7H2,1-3H3,(H,12,15). The molecule has 15 heavy (non-hydrogen) atoms. The minimum atomic E-state index is -0.0886. The van der Waals surface area contributed by atoms with Gasteiger partial charge in [0, 0.05) is 6.54 Å². The molecule has 4 heteroatoms. The van der Waals surface area contributed by atoms with Gasteiger partial charge in [-0.2, -0.15) is 0 Å². The molecular formula is C11H20N2OS. The van der Waals surface area contributed by atoms with E-state index in [0.717, 1.165) is 25.8 Å². The summed E-state index contributed by atoms with van der Waals surface area (Å²) in [5, 5.41) is 3.71. The highest BCUT2D eigenvalue weighted by Gasteiger charge is 2.34. The van der Waals surface area contributed by atoms with Gasteiger partial charge in [-0.25, -0.2) is 0 Å². The first kappa shape index (κ1) is 12.4. The number of amides is 1. The van der Waals surface area contributed by atoms with Gasteiger partial charge in [0.25, 0.3) is 5.91 Å². The Morgan fingerprint density at radius 1 is 1.53 bits per heavy atom. The Hall–Kier alpha value is -0.640. The molecule has 1 atom stereocenters. The summed E-state index contributed by atoms with van der Waals surface area (Å²) in [5.74, 6) is 0.669. The van der Waals surface area contributed by atoms with E-state index in [1.807, 2.05) is 0 Å². The second kappa shape index (κ2) is 5.45. The van der Waals surface area contributed by atoms with Crippen LogP contribution in [0.15, 0.2) is 0 Å². The molecule has 1 unspecified atom stereocenters. The third kappa shape index (κ3) is 3.16. The van der Waals surface area contributed by atoms with E-state index < -0.39 is 0 Å². The summed E-state index contributed by atoms with van der Waals surface area (Å²) in [6, 6.07) is -0.0886. The monoisotopic (exact) mass is 228 g/mol. The van der Waals surface area contributed by atoms with Gasteiger partial charge in [-0.1, -0.05) is 27.2 Å². The predicted octanol–water partition coefficient (Wildman–Crippen LogP) is 1.92. The summed E-state index contributed by atoms with van der Waals surface area (Å²) in [7, 11) is 0. The van der Waals surface area contributed by atoms with E-state index in [4.69, 9.17) is 12.2 Å². The zero-order valence-electron chi connectivity index (χ0n) is 9.75. The molecular weight excluding hydrogens is 208 g/mol. The first-order chi connectivity index (χ1) is 7.06. The molecule has 0 aliphatic carbocycles. The van der Waals surface area contributed by atoms with Gasteiger partial charge in [0.1, 0.15) is 6.04 Å². The Morgan fingerprint density at radius 3 is 2.73 bits per heavy atom. The van der Waals surface area contributed by atoms with E-state index in [1.165, 1.54) is 0 Å². The van der Waals surface area contributed by atoms with E-state index >= 15 is 0 Å². The van der Waals surface area contributed by atoms with Gasteiger partial charge in [0.15, 0.2) is 5.11 Å². The van der Waals surface area contributed by atoms with E-state index in [2.05, 4.69) is 26.1 Å². The van der Waals surface area contributed by atoms with Gasteiger partial charge < -0.3 is 5.32 Å². The first-order valence-electron chi connectivity index (χ1n) is 5.68. The maximum Gasteiger partial charge on any atom is 0.251 e. The molecule has 1 fully saturated rings. The molecule has 0 aromatic heterocycles. The highest BCUT2D eigenvalue weighted by molar-refractivity contribution is 7.80. The summed E-state index contributed by atoms with van der Waals surface area (Å²) in [5.41, 5.74) is 0. The van der Waals surface area contributed by atoms with Gasteiger partial charge in [-0.15, -0.1) is 0 Å². The molecule has 0 radical (unpaired) electrons. The van der Waals surface area contributed by atoms with E-state index in [9.17, 15) is 4.79 Å². The molecule has 1 heterocycles. The second-order valence-electron chi connectivity index (χ2n) is 4.48. The average Bonchev–Trinajstić information content (AvgIpc) is 2.39. The highest BCUT2D eigenvalue weighted by Crippen LogP contribution is 2.14. The van der Waals surface area contributed by atoms with Crippen LogP contribution in [0.3, 0.4) is 0 Å². The highest BCUT2D eigenvalue weighted by atomic mass is 32.1. The van der Waals surface area contributed by atoms with Crippen LogP contribution in [0.4, 0.5) is 0 Å². The third-order valence-corrected chi connectivity index (χ3v) is 2.89. The maximum atomic E-state index is 11.9.